The number of thiazole rings is 1. The van der Waals surface area contributed by atoms with Crippen LogP contribution < -0.4 is 0 Å². The summed E-state index contributed by atoms with van der Waals surface area (Å²) in [6.07, 6.45) is 0.597. The maximum absolute atomic E-state index is 12.2. The molecule has 1 aromatic heterocycles. The van der Waals surface area contributed by atoms with Gasteiger partial charge in [0.25, 0.3) is 0 Å². The fourth-order valence-corrected chi connectivity index (χ4v) is 2.81. The summed E-state index contributed by atoms with van der Waals surface area (Å²) >= 11 is 1.62. The van der Waals surface area contributed by atoms with Gasteiger partial charge in [0.2, 0.25) is 5.91 Å². The van der Waals surface area contributed by atoms with E-state index in [4.69, 9.17) is 4.74 Å². The first-order chi connectivity index (χ1) is 8.58. The summed E-state index contributed by atoms with van der Waals surface area (Å²) in [5.41, 5.74) is 0.967. The number of amides is 1. The van der Waals surface area contributed by atoms with Gasteiger partial charge < -0.3 is 9.64 Å². The highest BCUT2D eigenvalue weighted by Crippen LogP contribution is 2.26. The Balaban J connectivity index is 2.13. The Morgan fingerprint density at radius 3 is 3.06 bits per heavy atom. The first-order valence-electron chi connectivity index (χ1n) is 6.37. The van der Waals surface area contributed by atoms with Gasteiger partial charge in [0, 0.05) is 18.3 Å². The van der Waals surface area contributed by atoms with Gasteiger partial charge in [-0.1, -0.05) is 13.8 Å². The minimum Gasteiger partial charge on any atom is -0.377 e. The largest absolute Gasteiger partial charge is 0.377 e. The summed E-state index contributed by atoms with van der Waals surface area (Å²) < 4.78 is 5.50. The number of hydrogen-bond acceptors (Lipinski definition) is 4. The Morgan fingerprint density at radius 1 is 1.67 bits per heavy atom. The molecule has 4 nitrogen and oxygen atoms in total. The second-order valence-electron chi connectivity index (χ2n) is 5.07. The molecule has 1 fully saturated rings. The van der Waals surface area contributed by atoms with Crippen LogP contribution in [0.5, 0.6) is 0 Å². The van der Waals surface area contributed by atoms with Crippen molar-refractivity contribution in [2.24, 2.45) is 5.92 Å². The van der Waals surface area contributed by atoms with Crippen LogP contribution in [0.1, 0.15) is 37.0 Å². The van der Waals surface area contributed by atoms with Crippen LogP contribution in [0.15, 0.2) is 5.38 Å². The van der Waals surface area contributed by atoms with Crippen molar-refractivity contribution in [1.29, 1.82) is 0 Å². The molecule has 0 bridgehead atoms. The summed E-state index contributed by atoms with van der Waals surface area (Å²) in [5.74, 6) is 0.599. The molecule has 100 valence electrons. The van der Waals surface area contributed by atoms with Crippen LogP contribution in [0.3, 0.4) is 0 Å². The molecule has 5 heteroatoms. The molecule has 0 radical (unpaired) electrons. The number of carbonyl (C=O) groups excluding carboxylic acids is 1. The maximum atomic E-state index is 12.2. The van der Waals surface area contributed by atoms with Crippen molar-refractivity contribution in [3.63, 3.8) is 0 Å². The monoisotopic (exact) mass is 268 g/mol. The van der Waals surface area contributed by atoms with Crippen molar-refractivity contribution >= 4 is 17.2 Å². The molecule has 0 unspecified atom stereocenters. The summed E-state index contributed by atoms with van der Waals surface area (Å²) in [4.78, 5) is 18.7. The predicted molar refractivity (Wildman–Crippen MR) is 71.6 cm³/mol. The van der Waals surface area contributed by atoms with Crippen molar-refractivity contribution in [3.8, 4) is 0 Å². The van der Waals surface area contributed by atoms with E-state index in [1.165, 1.54) is 0 Å². The highest BCUT2D eigenvalue weighted by atomic mass is 32.1. The average Bonchev–Trinajstić information content (AvgIpc) is 2.75. The van der Waals surface area contributed by atoms with E-state index in [0.717, 1.165) is 10.7 Å². The van der Waals surface area contributed by atoms with E-state index in [0.29, 0.717) is 32.1 Å². The lowest BCUT2D eigenvalue weighted by molar-refractivity contribution is -0.141. The molecule has 1 aliphatic heterocycles. The number of aromatic nitrogens is 1. The van der Waals surface area contributed by atoms with Gasteiger partial charge in [-0.05, 0) is 12.8 Å². The molecule has 0 aliphatic carbocycles. The standard InChI is InChI=1S/C13H20N2O2S/c1-9(2)6-13(16)15-4-5-17-7-12(15)11-8-18-10(3)14-11/h8-9,12H,4-7H2,1-3H3/t12-/m0/s1. The number of carbonyl (C=O) groups is 1. The van der Waals surface area contributed by atoms with Gasteiger partial charge in [0.05, 0.1) is 30.0 Å². The number of hydrogen-bond donors (Lipinski definition) is 0. The van der Waals surface area contributed by atoms with Gasteiger partial charge in [-0.2, -0.15) is 0 Å². The zero-order chi connectivity index (χ0) is 13.1. The van der Waals surface area contributed by atoms with Crippen molar-refractivity contribution < 1.29 is 9.53 Å². The Morgan fingerprint density at radius 2 is 2.44 bits per heavy atom. The maximum Gasteiger partial charge on any atom is 0.223 e. The van der Waals surface area contributed by atoms with Gasteiger partial charge in [-0.3, -0.25) is 4.79 Å². The smallest absolute Gasteiger partial charge is 0.223 e. The van der Waals surface area contributed by atoms with Crippen molar-refractivity contribution in [1.82, 2.24) is 9.88 Å². The van der Waals surface area contributed by atoms with Crippen LogP contribution in [-0.4, -0.2) is 35.5 Å². The van der Waals surface area contributed by atoms with E-state index in [1.54, 1.807) is 11.3 Å². The van der Waals surface area contributed by atoms with Crippen molar-refractivity contribution in [3.05, 3.63) is 16.1 Å². The fraction of sp³-hybridized carbons (Fsp3) is 0.692. The third kappa shape index (κ3) is 3.09. The quantitative estimate of drug-likeness (QED) is 0.845. The van der Waals surface area contributed by atoms with Crippen LogP contribution in [0.25, 0.3) is 0 Å². The average molecular weight is 268 g/mol. The van der Waals surface area contributed by atoms with Gasteiger partial charge in [0.1, 0.15) is 0 Å². The molecule has 1 aliphatic rings. The summed E-state index contributed by atoms with van der Waals surface area (Å²) in [5, 5.41) is 3.07. The zero-order valence-corrected chi connectivity index (χ0v) is 12.0. The lowest BCUT2D eigenvalue weighted by Gasteiger charge is -2.35. The lowest BCUT2D eigenvalue weighted by atomic mass is 10.1. The van der Waals surface area contributed by atoms with Crippen LogP contribution in [0.2, 0.25) is 0 Å². The third-order valence-corrected chi connectivity index (χ3v) is 3.80. The number of morpholine rings is 1. The third-order valence-electron chi connectivity index (χ3n) is 3.01. The zero-order valence-electron chi connectivity index (χ0n) is 11.2. The van der Waals surface area contributed by atoms with E-state index in [1.807, 2.05) is 17.2 Å². The molecular formula is C13H20N2O2S. The van der Waals surface area contributed by atoms with Crippen LogP contribution in [0.4, 0.5) is 0 Å². The van der Waals surface area contributed by atoms with Crippen LogP contribution in [0, 0.1) is 12.8 Å². The first kappa shape index (κ1) is 13.5. The van der Waals surface area contributed by atoms with Crippen LogP contribution in [-0.2, 0) is 9.53 Å². The fourth-order valence-electron chi connectivity index (χ4n) is 2.15. The Bertz CT molecular complexity index is 417. The molecule has 0 aromatic carbocycles. The number of aryl methyl sites for hydroxylation is 1. The molecule has 2 heterocycles. The van der Waals surface area contributed by atoms with Crippen molar-refractivity contribution in [2.45, 2.75) is 33.2 Å². The minimum atomic E-state index is -0.00468. The number of nitrogens with zero attached hydrogens (tertiary/aromatic N) is 2. The lowest BCUT2D eigenvalue weighted by Crippen LogP contribution is -2.43. The Kier molecular flexibility index (Phi) is 4.35. The van der Waals surface area contributed by atoms with Gasteiger partial charge in [-0.15, -0.1) is 11.3 Å². The van der Waals surface area contributed by atoms with E-state index < -0.39 is 0 Å². The van der Waals surface area contributed by atoms with Gasteiger partial charge in [-0.25, -0.2) is 4.98 Å². The molecule has 18 heavy (non-hydrogen) atoms. The van der Waals surface area contributed by atoms with E-state index in [2.05, 4.69) is 18.8 Å². The van der Waals surface area contributed by atoms with Gasteiger partial charge in [0.15, 0.2) is 0 Å². The van der Waals surface area contributed by atoms with Crippen LogP contribution >= 0.6 is 11.3 Å². The molecule has 0 N–H and O–H groups in total. The van der Waals surface area contributed by atoms with Gasteiger partial charge >= 0.3 is 0 Å². The molecule has 1 atom stereocenters. The predicted octanol–water partition coefficient (Wildman–Crippen LogP) is 2.40. The molecule has 1 amide bonds. The highest BCUT2D eigenvalue weighted by molar-refractivity contribution is 7.09. The molecule has 2 rings (SSSR count). The van der Waals surface area contributed by atoms with E-state index in [9.17, 15) is 4.79 Å². The summed E-state index contributed by atoms with van der Waals surface area (Å²) in [6.45, 7) is 7.99. The normalized spacial score (nSPS) is 20.4. The summed E-state index contributed by atoms with van der Waals surface area (Å²) in [6, 6.07) is -0.00468. The Hall–Kier alpha value is -0.940. The highest BCUT2D eigenvalue weighted by Gasteiger charge is 2.30. The minimum absolute atomic E-state index is 0.00468. The summed E-state index contributed by atoms with van der Waals surface area (Å²) in [7, 11) is 0. The van der Waals surface area contributed by atoms with E-state index >= 15 is 0 Å². The molecule has 0 spiro atoms. The SMILES string of the molecule is Cc1nc([C@@H]2COCCN2C(=O)CC(C)C)cs1. The molecule has 1 aromatic rings. The number of rotatable bonds is 3. The molecule has 0 saturated carbocycles. The first-order valence-corrected chi connectivity index (χ1v) is 7.25. The Labute approximate surface area is 112 Å². The second kappa shape index (κ2) is 5.80. The molecule has 1 saturated heterocycles. The number of ether oxygens (including phenoxy) is 1. The van der Waals surface area contributed by atoms with Crippen molar-refractivity contribution in [2.75, 3.05) is 19.8 Å². The second-order valence-corrected chi connectivity index (χ2v) is 6.13. The van der Waals surface area contributed by atoms with E-state index in [-0.39, 0.29) is 11.9 Å². The molecular weight excluding hydrogens is 248 g/mol. The topological polar surface area (TPSA) is 42.4 Å².